The van der Waals surface area contributed by atoms with Crippen molar-refractivity contribution in [3.05, 3.63) is 59.7 Å². The Morgan fingerprint density at radius 2 is 2.10 bits per heavy atom. The SMILES string of the molecule is CCNC(Cc1ccc(OC)c(F)c1)Cc1ccccn1. The van der Waals surface area contributed by atoms with Crippen LogP contribution in [-0.4, -0.2) is 24.7 Å². The molecule has 0 aliphatic heterocycles. The van der Waals surface area contributed by atoms with Gasteiger partial charge in [0.05, 0.1) is 7.11 Å². The van der Waals surface area contributed by atoms with Gasteiger partial charge in [-0.2, -0.15) is 0 Å². The lowest BCUT2D eigenvalue weighted by atomic mass is 10.0. The second-order valence-electron chi connectivity index (χ2n) is 4.95. The standard InChI is InChI=1S/C17H21FN2O/c1-3-19-15(12-14-6-4-5-9-20-14)10-13-7-8-17(21-2)16(18)11-13/h4-9,11,15,19H,3,10,12H2,1-2H3. The predicted molar refractivity (Wildman–Crippen MR) is 82.1 cm³/mol. The van der Waals surface area contributed by atoms with Gasteiger partial charge in [0.2, 0.25) is 0 Å². The van der Waals surface area contributed by atoms with Crippen LogP contribution in [0.5, 0.6) is 5.75 Å². The number of halogens is 1. The molecule has 0 fully saturated rings. The van der Waals surface area contributed by atoms with Crippen LogP contribution in [0.15, 0.2) is 42.6 Å². The lowest BCUT2D eigenvalue weighted by Crippen LogP contribution is -2.33. The lowest BCUT2D eigenvalue weighted by Gasteiger charge is -2.18. The highest BCUT2D eigenvalue weighted by Crippen LogP contribution is 2.19. The Bertz CT molecular complexity index is 560. The van der Waals surface area contributed by atoms with E-state index in [9.17, 15) is 4.39 Å². The second-order valence-corrected chi connectivity index (χ2v) is 4.95. The van der Waals surface area contributed by atoms with Crippen LogP contribution in [0.4, 0.5) is 4.39 Å². The zero-order chi connectivity index (χ0) is 15.1. The summed E-state index contributed by atoms with van der Waals surface area (Å²) < 4.78 is 18.7. The van der Waals surface area contributed by atoms with Crippen molar-refractivity contribution in [1.82, 2.24) is 10.3 Å². The van der Waals surface area contributed by atoms with Gasteiger partial charge in [0.15, 0.2) is 11.6 Å². The minimum Gasteiger partial charge on any atom is -0.494 e. The number of benzene rings is 1. The number of rotatable bonds is 7. The van der Waals surface area contributed by atoms with E-state index in [0.717, 1.165) is 30.6 Å². The molecule has 0 saturated carbocycles. The Morgan fingerprint density at radius 3 is 2.71 bits per heavy atom. The first kappa shape index (κ1) is 15.4. The van der Waals surface area contributed by atoms with Gasteiger partial charge < -0.3 is 10.1 Å². The molecule has 0 amide bonds. The summed E-state index contributed by atoms with van der Waals surface area (Å²) in [4.78, 5) is 4.35. The first-order valence-corrected chi connectivity index (χ1v) is 7.18. The second kappa shape index (κ2) is 7.74. The summed E-state index contributed by atoms with van der Waals surface area (Å²) in [5.41, 5.74) is 1.99. The van der Waals surface area contributed by atoms with Crippen molar-refractivity contribution in [1.29, 1.82) is 0 Å². The third-order valence-corrected chi connectivity index (χ3v) is 3.37. The highest BCUT2D eigenvalue weighted by Gasteiger charge is 2.12. The lowest BCUT2D eigenvalue weighted by molar-refractivity contribution is 0.386. The van der Waals surface area contributed by atoms with Crippen LogP contribution in [0.1, 0.15) is 18.2 Å². The van der Waals surface area contributed by atoms with Gasteiger partial charge in [-0.1, -0.05) is 19.1 Å². The summed E-state index contributed by atoms with van der Waals surface area (Å²) in [6, 6.07) is 11.3. The summed E-state index contributed by atoms with van der Waals surface area (Å²) in [6.07, 6.45) is 3.37. The Labute approximate surface area is 125 Å². The number of likely N-dealkylation sites (N-methyl/N-ethyl adjacent to an activating group) is 1. The highest BCUT2D eigenvalue weighted by molar-refractivity contribution is 5.30. The summed E-state index contributed by atoms with van der Waals surface area (Å²) in [7, 11) is 1.47. The fourth-order valence-electron chi connectivity index (χ4n) is 2.40. The molecule has 0 aliphatic rings. The number of methoxy groups -OCH3 is 1. The van der Waals surface area contributed by atoms with Crippen LogP contribution in [0.25, 0.3) is 0 Å². The molecule has 1 aromatic heterocycles. The zero-order valence-corrected chi connectivity index (χ0v) is 12.5. The number of hydrogen-bond acceptors (Lipinski definition) is 3. The average Bonchev–Trinajstić information content (AvgIpc) is 2.49. The van der Waals surface area contributed by atoms with Crippen LogP contribution in [0.3, 0.4) is 0 Å². The number of ether oxygens (including phenoxy) is 1. The summed E-state index contributed by atoms with van der Waals surface area (Å²) in [5, 5.41) is 3.43. The zero-order valence-electron chi connectivity index (χ0n) is 12.5. The molecule has 2 aromatic rings. The molecule has 1 heterocycles. The summed E-state index contributed by atoms with van der Waals surface area (Å²) in [5.74, 6) is -0.0356. The molecule has 0 spiro atoms. The van der Waals surface area contributed by atoms with Crippen LogP contribution >= 0.6 is 0 Å². The number of pyridine rings is 1. The molecule has 0 aliphatic carbocycles. The number of hydrogen-bond donors (Lipinski definition) is 1. The molecule has 1 unspecified atom stereocenters. The fourth-order valence-corrected chi connectivity index (χ4v) is 2.40. The Kier molecular flexibility index (Phi) is 5.69. The van der Waals surface area contributed by atoms with E-state index >= 15 is 0 Å². The highest BCUT2D eigenvalue weighted by atomic mass is 19.1. The van der Waals surface area contributed by atoms with Crippen molar-refractivity contribution in [2.75, 3.05) is 13.7 Å². The maximum Gasteiger partial charge on any atom is 0.165 e. The topological polar surface area (TPSA) is 34.1 Å². The van der Waals surface area contributed by atoms with Crippen molar-refractivity contribution in [3.8, 4) is 5.75 Å². The number of aromatic nitrogens is 1. The van der Waals surface area contributed by atoms with E-state index in [1.54, 1.807) is 18.3 Å². The van der Waals surface area contributed by atoms with Crippen molar-refractivity contribution in [2.24, 2.45) is 0 Å². The first-order valence-electron chi connectivity index (χ1n) is 7.18. The molecule has 0 bridgehead atoms. The Morgan fingerprint density at radius 1 is 1.24 bits per heavy atom. The van der Waals surface area contributed by atoms with Gasteiger partial charge in [-0.05, 0) is 42.8 Å². The molecule has 1 N–H and O–H groups in total. The normalized spacial score (nSPS) is 12.1. The minimum absolute atomic E-state index is 0.234. The molecule has 4 heteroatoms. The average molecular weight is 288 g/mol. The molecular weight excluding hydrogens is 267 g/mol. The van der Waals surface area contributed by atoms with Crippen molar-refractivity contribution < 1.29 is 9.13 Å². The van der Waals surface area contributed by atoms with Crippen LogP contribution in [0, 0.1) is 5.82 Å². The van der Waals surface area contributed by atoms with Gasteiger partial charge in [0.1, 0.15) is 0 Å². The minimum atomic E-state index is -0.317. The maximum absolute atomic E-state index is 13.8. The van der Waals surface area contributed by atoms with Gasteiger partial charge in [0, 0.05) is 24.4 Å². The van der Waals surface area contributed by atoms with Gasteiger partial charge in [-0.3, -0.25) is 4.98 Å². The van der Waals surface area contributed by atoms with Crippen LogP contribution < -0.4 is 10.1 Å². The van der Waals surface area contributed by atoms with E-state index in [-0.39, 0.29) is 17.6 Å². The third kappa shape index (κ3) is 4.53. The van der Waals surface area contributed by atoms with E-state index in [0.29, 0.717) is 0 Å². The predicted octanol–water partition coefficient (Wildman–Crippen LogP) is 2.99. The molecule has 112 valence electrons. The van der Waals surface area contributed by atoms with Crippen LogP contribution in [-0.2, 0) is 12.8 Å². The molecule has 21 heavy (non-hydrogen) atoms. The summed E-state index contributed by atoms with van der Waals surface area (Å²) in [6.45, 7) is 2.94. The molecular formula is C17H21FN2O. The Hall–Kier alpha value is -1.94. The van der Waals surface area contributed by atoms with Crippen molar-refractivity contribution >= 4 is 0 Å². The Balaban J connectivity index is 2.07. The van der Waals surface area contributed by atoms with E-state index in [1.165, 1.54) is 7.11 Å². The van der Waals surface area contributed by atoms with Crippen LogP contribution in [0.2, 0.25) is 0 Å². The number of nitrogens with one attached hydrogen (secondary N) is 1. The monoisotopic (exact) mass is 288 g/mol. The molecule has 1 aromatic carbocycles. The van der Waals surface area contributed by atoms with E-state index < -0.39 is 0 Å². The number of nitrogens with zero attached hydrogens (tertiary/aromatic N) is 1. The molecule has 0 saturated heterocycles. The fraction of sp³-hybridized carbons (Fsp3) is 0.353. The summed E-state index contributed by atoms with van der Waals surface area (Å²) >= 11 is 0. The van der Waals surface area contributed by atoms with Gasteiger partial charge in [0.25, 0.3) is 0 Å². The smallest absolute Gasteiger partial charge is 0.165 e. The van der Waals surface area contributed by atoms with E-state index in [1.807, 2.05) is 24.3 Å². The van der Waals surface area contributed by atoms with Crippen molar-refractivity contribution in [3.63, 3.8) is 0 Å². The molecule has 1 atom stereocenters. The van der Waals surface area contributed by atoms with Crippen molar-refractivity contribution in [2.45, 2.75) is 25.8 Å². The first-order chi connectivity index (χ1) is 10.2. The quantitative estimate of drug-likeness (QED) is 0.850. The largest absolute Gasteiger partial charge is 0.494 e. The van der Waals surface area contributed by atoms with Gasteiger partial charge in [-0.15, -0.1) is 0 Å². The maximum atomic E-state index is 13.8. The molecule has 3 nitrogen and oxygen atoms in total. The van der Waals surface area contributed by atoms with E-state index in [4.69, 9.17) is 4.74 Å². The third-order valence-electron chi connectivity index (χ3n) is 3.37. The van der Waals surface area contributed by atoms with E-state index in [2.05, 4.69) is 17.2 Å². The van der Waals surface area contributed by atoms with Gasteiger partial charge >= 0.3 is 0 Å². The van der Waals surface area contributed by atoms with Gasteiger partial charge in [-0.25, -0.2) is 4.39 Å². The molecule has 0 radical (unpaired) electrons. The molecule has 2 rings (SSSR count).